The van der Waals surface area contributed by atoms with E-state index in [9.17, 15) is 13.2 Å². The number of amides is 1. The van der Waals surface area contributed by atoms with Crippen LogP contribution in [0.4, 0.5) is 5.69 Å². The third kappa shape index (κ3) is 6.26. The third-order valence-corrected chi connectivity index (χ3v) is 6.31. The molecule has 0 bridgehead atoms. The number of sulfonamides is 1. The van der Waals surface area contributed by atoms with Crippen LogP contribution in [0.5, 0.6) is 11.5 Å². The van der Waals surface area contributed by atoms with Crippen LogP contribution in [0, 0.1) is 6.92 Å². The van der Waals surface area contributed by atoms with Gasteiger partial charge in [-0.15, -0.1) is 0 Å². The van der Waals surface area contributed by atoms with Crippen molar-refractivity contribution in [2.24, 2.45) is 0 Å². The quantitative estimate of drug-likeness (QED) is 0.515. The van der Waals surface area contributed by atoms with Crippen LogP contribution in [0.3, 0.4) is 0 Å². The zero-order valence-corrected chi connectivity index (χ0v) is 20.0. The summed E-state index contributed by atoms with van der Waals surface area (Å²) in [6.45, 7) is 2.50. The normalized spacial score (nSPS) is 11.0. The van der Waals surface area contributed by atoms with Crippen LogP contribution < -0.4 is 19.1 Å². The highest BCUT2D eigenvalue weighted by Crippen LogP contribution is 2.27. The van der Waals surface area contributed by atoms with Gasteiger partial charge in [-0.25, -0.2) is 8.42 Å². The summed E-state index contributed by atoms with van der Waals surface area (Å²) in [5.41, 5.74) is 3.77. The van der Waals surface area contributed by atoms with Gasteiger partial charge >= 0.3 is 0 Å². The summed E-state index contributed by atoms with van der Waals surface area (Å²) in [6, 6.07) is 19.6. The number of methoxy groups -OCH3 is 2. The summed E-state index contributed by atoms with van der Waals surface area (Å²) >= 11 is 0. The third-order valence-electron chi connectivity index (χ3n) is 5.17. The Hall–Kier alpha value is -3.52. The lowest BCUT2D eigenvalue weighted by atomic mass is 10.1. The van der Waals surface area contributed by atoms with E-state index >= 15 is 0 Å². The van der Waals surface area contributed by atoms with E-state index in [1.54, 1.807) is 50.6 Å². The average molecular weight is 469 g/mol. The molecular formula is C25H28N2O5S. The fourth-order valence-electron chi connectivity index (χ4n) is 3.31. The second-order valence-electron chi connectivity index (χ2n) is 7.67. The Morgan fingerprint density at radius 1 is 0.879 bits per heavy atom. The van der Waals surface area contributed by atoms with Crippen molar-refractivity contribution >= 4 is 21.6 Å². The average Bonchev–Trinajstić information content (AvgIpc) is 2.81. The van der Waals surface area contributed by atoms with Gasteiger partial charge in [0.15, 0.2) is 11.5 Å². The molecule has 3 rings (SSSR count). The molecular weight excluding hydrogens is 440 g/mol. The maximum Gasteiger partial charge on any atom is 0.251 e. The molecule has 0 aliphatic carbocycles. The van der Waals surface area contributed by atoms with Gasteiger partial charge in [0.25, 0.3) is 5.91 Å². The molecule has 0 atom stereocenters. The van der Waals surface area contributed by atoms with E-state index in [2.05, 4.69) is 5.32 Å². The van der Waals surface area contributed by atoms with Gasteiger partial charge in [0, 0.05) is 12.1 Å². The van der Waals surface area contributed by atoms with Crippen molar-refractivity contribution in [2.75, 3.05) is 24.8 Å². The Bertz CT molecular complexity index is 1210. The lowest BCUT2D eigenvalue weighted by Crippen LogP contribution is -2.29. The Balaban J connectivity index is 1.71. The van der Waals surface area contributed by atoms with Gasteiger partial charge in [0.1, 0.15) is 0 Å². The number of aryl methyl sites for hydroxylation is 1. The molecule has 0 aliphatic rings. The molecule has 0 fully saturated rings. The van der Waals surface area contributed by atoms with Gasteiger partial charge in [0.05, 0.1) is 32.7 Å². The first-order chi connectivity index (χ1) is 15.7. The summed E-state index contributed by atoms with van der Waals surface area (Å²) < 4.78 is 36.6. The number of carbonyl (C=O) groups excluding carboxylic acids is 1. The van der Waals surface area contributed by atoms with Crippen LogP contribution in [-0.2, 0) is 23.1 Å². The maximum absolute atomic E-state index is 12.6. The number of hydrogen-bond donors (Lipinski definition) is 1. The molecule has 33 heavy (non-hydrogen) atoms. The van der Waals surface area contributed by atoms with E-state index < -0.39 is 10.0 Å². The highest BCUT2D eigenvalue weighted by molar-refractivity contribution is 7.92. The number of carbonyl (C=O) groups is 1. The first-order valence-corrected chi connectivity index (χ1v) is 12.2. The molecule has 3 aromatic rings. The van der Waals surface area contributed by atoms with Gasteiger partial charge in [-0.3, -0.25) is 9.10 Å². The SMILES string of the molecule is COc1ccc(CNC(=O)c2ccc(N(Cc3ccc(C)cc3)S(C)(=O)=O)cc2)cc1OC. The topological polar surface area (TPSA) is 84.9 Å². The van der Waals surface area contributed by atoms with E-state index in [1.165, 1.54) is 10.6 Å². The molecule has 0 saturated heterocycles. The molecule has 0 spiro atoms. The van der Waals surface area contributed by atoms with Crippen molar-refractivity contribution in [3.05, 3.63) is 89.0 Å². The maximum atomic E-state index is 12.6. The Kier molecular flexibility index (Phi) is 7.60. The van der Waals surface area contributed by atoms with Crippen LogP contribution in [0.2, 0.25) is 0 Å². The van der Waals surface area contributed by atoms with E-state index in [0.29, 0.717) is 29.3 Å². The summed E-state index contributed by atoms with van der Waals surface area (Å²) in [4.78, 5) is 12.6. The number of ether oxygens (including phenoxy) is 2. The largest absolute Gasteiger partial charge is 0.493 e. The predicted octanol–water partition coefficient (Wildman–Crippen LogP) is 3.91. The standard InChI is InChI=1S/C25H28N2O5S/c1-18-5-7-19(8-6-18)17-27(33(4,29)30)22-12-10-21(11-13-22)25(28)26-16-20-9-14-23(31-2)24(15-20)32-3/h5-15H,16-17H2,1-4H3,(H,26,28). The van der Waals surface area contributed by atoms with Gasteiger partial charge < -0.3 is 14.8 Å². The van der Waals surface area contributed by atoms with Crippen LogP contribution in [-0.4, -0.2) is 34.8 Å². The van der Waals surface area contributed by atoms with Crippen molar-refractivity contribution in [1.29, 1.82) is 0 Å². The molecule has 8 heteroatoms. The van der Waals surface area contributed by atoms with E-state index in [4.69, 9.17) is 9.47 Å². The van der Waals surface area contributed by atoms with Crippen molar-refractivity contribution in [3.63, 3.8) is 0 Å². The summed E-state index contributed by atoms with van der Waals surface area (Å²) in [7, 11) is -0.387. The van der Waals surface area contributed by atoms with Crippen LogP contribution in [0.15, 0.2) is 66.7 Å². The van der Waals surface area contributed by atoms with Crippen LogP contribution in [0.1, 0.15) is 27.0 Å². The van der Waals surface area contributed by atoms with Crippen LogP contribution in [0.25, 0.3) is 0 Å². The Morgan fingerprint density at radius 2 is 1.48 bits per heavy atom. The van der Waals surface area contributed by atoms with Crippen molar-refractivity contribution in [1.82, 2.24) is 5.32 Å². The number of hydrogen-bond acceptors (Lipinski definition) is 5. The number of anilines is 1. The van der Waals surface area contributed by atoms with Crippen molar-refractivity contribution in [2.45, 2.75) is 20.0 Å². The van der Waals surface area contributed by atoms with Crippen LogP contribution >= 0.6 is 0 Å². The lowest BCUT2D eigenvalue weighted by Gasteiger charge is -2.23. The van der Waals surface area contributed by atoms with E-state index in [1.807, 2.05) is 37.3 Å². The number of benzene rings is 3. The molecule has 1 N–H and O–H groups in total. The molecule has 0 unspecified atom stereocenters. The van der Waals surface area contributed by atoms with Gasteiger partial charge in [0.2, 0.25) is 10.0 Å². The zero-order chi connectivity index (χ0) is 24.0. The minimum absolute atomic E-state index is 0.212. The van der Waals surface area contributed by atoms with Crippen molar-refractivity contribution < 1.29 is 22.7 Å². The van der Waals surface area contributed by atoms with Gasteiger partial charge in [-0.1, -0.05) is 35.9 Å². The lowest BCUT2D eigenvalue weighted by molar-refractivity contribution is 0.0951. The zero-order valence-electron chi connectivity index (χ0n) is 19.2. The molecule has 174 valence electrons. The predicted molar refractivity (Wildman–Crippen MR) is 129 cm³/mol. The second-order valence-corrected chi connectivity index (χ2v) is 9.58. The second kappa shape index (κ2) is 10.4. The molecule has 1 amide bonds. The summed E-state index contributed by atoms with van der Waals surface area (Å²) in [5.74, 6) is 0.938. The minimum Gasteiger partial charge on any atom is -0.493 e. The number of rotatable bonds is 9. The molecule has 0 aliphatic heterocycles. The molecule has 0 radical (unpaired) electrons. The highest BCUT2D eigenvalue weighted by Gasteiger charge is 2.18. The molecule has 0 heterocycles. The fraction of sp³-hybridized carbons (Fsp3) is 0.240. The van der Waals surface area contributed by atoms with Crippen molar-refractivity contribution in [3.8, 4) is 11.5 Å². The molecule has 0 saturated carbocycles. The Labute approximate surface area is 195 Å². The van der Waals surface area contributed by atoms with E-state index in [0.717, 1.165) is 16.7 Å². The summed E-state index contributed by atoms with van der Waals surface area (Å²) in [6.07, 6.45) is 1.17. The summed E-state index contributed by atoms with van der Waals surface area (Å²) in [5, 5.41) is 2.86. The molecule has 3 aromatic carbocycles. The van der Waals surface area contributed by atoms with E-state index in [-0.39, 0.29) is 12.5 Å². The minimum atomic E-state index is -3.51. The Morgan fingerprint density at radius 3 is 2.06 bits per heavy atom. The monoisotopic (exact) mass is 468 g/mol. The fourth-order valence-corrected chi connectivity index (χ4v) is 4.20. The smallest absolute Gasteiger partial charge is 0.251 e. The number of nitrogens with one attached hydrogen (secondary N) is 1. The first kappa shape index (κ1) is 24.1. The van der Waals surface area contributed by atoms with Gasteiger partial charge in [-0.2, -0.15) is 0 Å². The number of nitrogens with zero attached hydrogens (tertiary/aromatic N) is 1. The highest BCUT2D eigenvalue weighted by atomic mass is 32.2. The van der Waals surface area contributed by atoms with Gasteiger partial charge in [-0.05, 0) is 54.4 Å². The molecule has 7 nitrogen and oxygen atoms in total. The molecule has 0 aromatic heterocycles. The first-order valence-electron chi connectivity index (χ1n) is 10.3.